The number of amides is 2. The molecule has 12 heteroatoms. The average Bonchev–Trinajstić information content (AvgIpc) is 2.79. The van der Waals surface area contributed by atoms with Gasteiger partial charge in [0.2, 0.25) is 10.0 Å². The van der Waals surface area contributed by atoms with Crippen LogP contribution in [-0.2, 0) is 24.3 Å². The second-order valence-corrected chi connectivity index (χ2v) is 8.57. The van der Waals surface area contributed by atoms with Crippen LogP contribution >= 0.6 is 0 Å². The molecule has 0 aromatic heterocycles. The van der Waals surface area contributed by atoms with E-state index < -0.39 is 58.3 Å². The highest BCUT2D eigenvalue weighted by atomic mass is 32.2. The lowest BCUT2D eigenvalue weighted by Crippen LogP contribution is -2.32. The van der Waals surface area contributed by atoms with Crippen molar-refractivity contribution in [1.29, 1.82) is 0 Å². The van der Waals surface area contributed by atoms with Gasteiger partial charge in [0.05, 0.1) is 10.6 Å². The largest absolute Gasteiger partial charge is 0.454 e. The van der Waals surface area contributed by atoms with Gasteiger partial charge in [-0.05, 0) is 36.4 Å². The van der Waals surface area contributed by atoms with E-state index in [1.807, 2.05) is 0 Å². The topological polar surface area (TPSA) is 122 Å². The van der Waals surface area contributed by atoms with Crippen molar-refractivity contribution < 1.29 is 36.3 Å². The van der Waals surface area contributed by atoms with E-state index in [9.17, 15) is 31.6 Å². The number of halogens is 2. The Balaban J connectivity index is 1.84. The van der Waals surface area contributed by atoms with Gasteiger partial charge in [0.1, 0.15) is 18.2 Å². The second kappa shape index (κ2) is 11.5. The van der Waals surface area contributed by atoms with E-state index in [1.165, 1.54) is 28.6 Å². The summed E-state index contributed by atoms with van der Waals surface area (Å²) in [5.74, 6) is -4.13. The number of esters is 1. The van der Waals surface area contributed by atoms with Gasteiger partial charge >= 0.3 is 5.97 Å². The smallest absolute Gasteiger partial charge is 0.325 e. The molecule has 0 heterocycles. The fraction of sp³-hybridized carbons (Fsp3) is 0.286. The minimum absolute atomic E-state index is 0.0305. The Bertz CT molecular complexity index is 1120. The third-order valence-electron chi connectivity index (χ3n) is 4.42. The zero-order valence-electron chi connectivity index (χ0n) is 17.9. The molecule has 33 heavy (non-hydrogen) atoms. The molecule has 0 bridgehead atoms. The van der Waals surface area contributed by atoms with Crippen molar-refractivity contribution in [3.05, 3.63) is 59.7 Å². The molecule has 0 spiro atoms. The van der Waals surface area contributed by atoms with Gasteiger partial charge in [-0.15, -0.1) is 0 Å². The number of nitrogens with one attached hydrogen (secondary N) is 2. The predicted molar refractivity (Wildman–Crippen MR) is 115 cm³/mol. The lowest BCUT2D eigenvalue weighted by atomic mass is 10.2. The van der Waals surface area contributed by atoms with E-state index in [0.717, 1.165) is 18.2 Å². The fourth-order valence-corrected chi connectivity index (χ4v) is 4.18. The molecule has 2 aromatic rings. The third-order valence-corrected chi connectivity index (χ3v) is 6.48. The zero-order chi connectivity index (χ0) is 24.6. The number of hydrogen-bond donors (Lipinski definition) is 2. The van der Waals surface area contributed by atoms with E-state index >= 15 is 0 Å². The minimum atomic E-state index is -3.67. The summed E-state index contributed by atoms with van der Waals surface area (Å²) in [6, 6.07) is 7.67. The van der Waals surface area contributed by atoms with Crippen LogP contribution in [0.25, 0.3) is 0 Å². The van der Waals surface area contributed by atoms with Gasteiger partial charge in [-0.3, -0.25) is 14.4 Å². The number of rotatable bonds is 10. The molecule has 0 unspecified atom stereocenters. The second-order valence-electron chi connectivity index (χ2n) is 6.63. The van der Waals surface area contributed by atoms with Gasteiger partial charge in [0.15, 0.2) is 6.61 Å². The number of hydrogen-bond acceptors (Lipinski definition) is 6. The number of ether oxygens (including phenoxy) is 1. The van der Waals surface area contributed by atoms with Crippen molar-refractivity contribution in [2.24, 2.45) is 0 Å². The van der Waals surface area contributed by atoms with Crippen LogP contribution in [0.15, 0.2) is 47.4 Å². The molecule has 0 aliphatic heterocycles. The van der Waals surface area contributed by atoms with Gasteiger partial charge in [0.25, 0.3) is 11.8 Å². The van der Waals surface area contributed by atoms with E-state index in [4.69, 9.17) is 0 Å². The summed E-state index contributed by atoms with van der Waals surface area (Å²) < 4.78 is 57.5. The Morgan fingerprint density at radius 2 is 1.64 bits per heavy atom. The lowest BCUT2D eigenvalue weighted by molar-refractivity contribution is -0.146. The molecule has 0 atom stereocenters. The SMILES string of the molecule is CCN(CC)S(=O)(=O)c1ccc(C(=O)NCC(=O)OCC(=O)Nc2cc(F)ccc2F)cc1. The van der Waals surface area contributed by atoms with Gasteiger partial charge < -0.3 is 15.4 Å². The van der Waals surface area contributed by atoms with Gasteiger partial charge in [-0.25, -0.2) is 17.2 Å². The molecule has 0 aliphatic carbocycles. The van der Waals surface area contributed by atoms with Crippen molar-refractivity contribution >= 4 is 33.5 Å². The first-order chi connectivity index (χ1) is 15.6. The number of benzene rings is 2. The maximum absolute atomic E-state index is 13.5. The first kappa shape index (κ1) is 25.9. The summed E-state index contributed by atoms with van der Waals surface area (Å²) in [6.45, 7) is 2.69. The molecule has 0 fully saturated rings. The molecule has 0 radical (unpaired) electrons. The summed E-state index contributed by atoms with van der Waals surface area (Å²) in [6.07, 6.45) is 0. The van der Waals surface area contributed by atoms with E-state index in [1.54, 1.807) is 13.8 Å². The number of carbonyl (C=O) groups is 3. The molecule has 0 aliphatic rings. The van der Waals surface area contributed by atoms with Crippen molar-refractivity contribution in [1.82, 2.24) is 9.62 Å². The fourth-order valence-electron chi connectivity index (χ4n) is 2.72. The van der Waals surface area contributed by atoms with Crippen molar-refractivity contribution in [3.8, 4) is 0 Å². The summed E-state index contributed by atoms with van der Waals surface area (Å²) >= 11 is 0. The summed E-state index contributed by atoms with van der Waals surface area (Å²) in [5.41, 5.74) is -0.295. The molecule has 2 rings (SSSR count). The summed E-state index contributed by atoms with van der Waals surface area (Å²) in [5, 5.41) is 4.34. The quantitative estimate of drug-likeness (QED) is 0.498. The highest BCUT2D eigenvalue weighted by Gasteiger charge is 2.21. The third kappa shape index (κ3) is 7.05. The van der Waals surface area contributed by atoms with Crippen LogP contribution in [0.5, 0.6) is 0 Å². The molecule has 0 saturated carbocycles. The normalized spacial score (nSPS) is 11.2. The monoisotopic (exact) mass is 483 g/mol. The molecule has 0 saturated heterocycles. The number of carbonyl (C=O) groups excluding carboxylic acids is 3. The molecule has 2 amide bonds. The summed E-state index contributed by atoms with van der Waals surface area (Å²) in [4.78, 5) is 35.7. The van der Waals surface area contributed by atoms with E-state index in [-0.39, 0.29) is 10.5 Å². The number of nitrogens with zero attached hydrogens (tertiary/aromatic N) is 1. The lowest BCUT2D eigenvalue weighted by Gasteiger charge is -2.18. The first-order valence-electron chi connectivity index (χ1n) is 9.87. The highest BCUT2D eigenvalue weighted by Crippen LogP contribution is 2.16. The van der Waals surface area contributed by atoms with Crippen LogP contribution in [0.4, 0.5) is 14.5 Å². The molecule has 2 aromatic carbocycles. The first-order valence-corrected chi connectivity index (χ1v) is 11.3. The van der Waals surface area contributed by atoms with E-state index in [0.29, 0.717) is 13.1 Å². The van der Waals surface area contributed by atoms with Crippen LogP contribution in [0, 0.1) is 11.6 Å². The minimum Gasteiger partial charge on any atom is -0.454 e. The predicted octanol–water partition coefficient (Wildman–Crippen LogP) is 1.91. The van der Waals surface area contributed by atoms with Gasteiger partial charge in [-0.1, -0.05) is 13.8 Å². The molecule has 2 N–H and O–H groups in total. The Hall–Kier alpha value is -3.38. The maximum atomic E-state index is 13.5. The molecular formula is C21H23F2N3O6S. The van der Waals surface area contributed by atoms with Crippen LogP contribution in [0.2, 0.25) is 0 Å². The zero-order valence-corrected chi connectivity index (χ0v) is 18.7. The van der Waals surface area contributed by atoms with Crippen molar-refractivity contribution in [3.63, 3.8) is 0 Å². The van der Waals surface area contributed by atoms with E-state index in [2.05, 4.69) is 15.4 Å². The Labute approximate surface area is 189 Å². The Morgan fingerprint density at radius 1 is 1.00 bits per heavy atom. The Morgan fingerprint density at radius 3 is 2.24 bits per heavy atom. The van der Waals surface area contributed by atoms with Crippen LogP contribution in [0.1, 0.15) is 24.2 Å². The standard InChI is InChI=1S/C21H23F2N3O6S/c1-3-26(4-2)33(30,31)16-8-5-14(6-9-16)21(29)24-12-20(28)32-13-19(27)25-18-11-15(22)7-10-17(18)23/h5-11H,3-4,12-13H2,1-2H3,(H,24,29)(H,25,27). The maximum Gasteiger partial charge on any atom is 0.325 e. The number of sulfonamides is 1. The van der Waals surface area contributed by atoms with Crippen LogP contribution < -0.4 is 10.6 Å². The summed E-state index contributed by atoms with van der Waals surface area (Å²) in [7, 11) is -3.67. The highest BCUT2D eigenvalue weighted by molar-refractivity contribution is 7.89. The molecule has 178 valence electrons. The Kier molecular flexibility index (Phi) is 9.00. The van der Waals surface area contributed by atoms with Crippen LogP contribution in [-0.4, -0.2) is 56.7 Å². The molecule has 9 nitrogen and oxygen atoms in total. The van der Waals surface area contributed by atoms with Gasteiger partial charge in [0, 0.05) is 24.7 Å². The number of anilines is 1. The van der Waals surface area contributed by atoms with Crippen molar-refractivity contribution in [2.75, 3.05) is 31.6 Å². The van der Waals surface area contributed by atoms with Crippen molar-refractivity contribution in [2.45, 2.75) is 18.7 Å². The average molecular weight is 483 g/mol. The van der Waals surface area contributed by atoms with Crippen LogP contribution in [0.3, 0.4) is 0 Å². The van der Waals surface area contributed by atoms with Gasteiger partial charge in [-0.2, -0.15) is 4.31 Å². The molecular weight excluding hydrogens is 460 g/mol.